The number of H-pyrrole nitrogens is 1. The van der Waals surface area contributed by atoms with Crippen molar-refractivity contribution in [3.63, 3.8) is 0 Å². The van der Waals surface area contributed by atoms with Crippen molar-refractivity contribution >= 4 is 16.8 Å². The van der Waals surface area contributed by atoms with Crippen molar-refractivity contribution in [2.45, 2.75) is 13.0 Å². The molecule has 6 nitrogen and oxygen atoms in total. The first kappa shape index (κ1) is 23.3. The summed E-state index contributed by atoms with van der Waals surface area (Å²) in [6, 6.07) is 14.5. The van der Waals surface area contributed by atoms with E-state index in [-0.39, 0.29) is 23.6 Å². The van der Waals surface area contributed by atoms with Gasteiger partial charge in [-0.2, -0.15) is 0 Å². The van der Waals surface area contributed by atoms with E-state index in [0.29, 0.717) is 25.4 Å². The van der Waals surface area contributed by atoms with Crippen molar-refractivity contribution in [2.75, 3.05) is 46.9 Å². The minimum absolute atomic E-state index is 0.0937. The predicted octanol–water partition coefficient (Wildman–Crippen LogP) is 3.50. The summed E-state index contributed by atoms with van der Waals surface area (Å²) in [4.78, 5) is 20.7. The molecule has 0 spiro atoms. The number of ether oxygens (including phenoxy) is 1. The van der Waals surface area contributed by atoms with Gasteiger partial charge >= 0.3 is 0 Å². The van der Waals surface area contributed by atoms with Gasteiger partial charge in [0, 0.05) is 61.8 Å². The minimum atomic E-state index is -0.310. The van der Waals surface area contributed by atoms with E-state index in [9.17, 15) is 9.18 Å². The number of halogens is 1. The van der Waals surface area contributed by atoms with E-state index in [4.69, 9.17) is 4.74 Å². The van der Waals surface area contributed by atoms with Crippen molar-refractivity contribution < 1.29 is 13.9 Å². The zero-order chi connectivity index (χ0) is 23.2. The number of hydrogen-bond acceptors (Lipinski definition) is 4. The number of para-hydroxylation sites is 1. The van der Waals surface area contributed by atoms with Gasteiger partial charge in [0.15, 0.2) is 0 Å². The number of carbonyl (C=O) groups excluding carboxylic acids is 1. The Hall–Kier alpha value is -2.90. The standard InChI is InChI=1S/C26H33FN4O2/c1-30(2)11-10-28-26(32)20-12-19(18-33-23-7-5-6-22(27)13-23)15-31(16-20)17-21-14-29-25-9-4-3-8-24(21)25/h3-9,13-14,19-20,29H,10-12,15-18H2,1-2H3,(H,28,32)/t19-,20+/m0/s1. The summed E-state index contributed by atoms with van der Waals surface area (Å²) in [6.07, 6.45) is 2.82. The number of amides is 1. The first-order valence-electron chi connectivity index (χ1n) is 11.6. The van der Waals surface area contributed by atoms with Crippen LogP contribution >= 0.6 is 0 Å². The second-order valence-electron chi connectivity index (χ2n) is 9.21. The fourth-order valence-corrected chi connectivity index (χ4v) is 4.56. The van der Waals surface area contributed by atoms with Crippen LogP contribution in [0.25, 0.3) is 10.9 Å². The largest absolute Gasteiger partial charge is 0.493 e. The van der Waals surface area contributed by atoms with Crippen molar-refractivity contribution in [3.8, 4) is 5.75 Å². The average molecular weight is 453 g/mol. The van der Waals surface area contributed by atoms with Crippen LogP contribution in [0.15, 0.2) is 54.7 Å². The first-order chi connectivity index (χ1) is 16.0. The fraction of sp³-hybridized carbons (Fsp3) is 0.423. The maximum atomic E-state index is 13.5. The molecule has 0 bridgehead atoms. The zero-order valence-electron chi connectivity index (χ0n) is 19.4. The van der Waals surface area contributed by atoms with E-state index >= 15 is 0 Å². The lowest BCUT2D eigenvalue weighted by Crippen LogP contribution is -2.48. The quantitative estimate of drug-likeness (QED) is 0.522. The zero-order valence-corrected chi connectivity index (χ0v) is 19.4. The molecular weight excluding hydrogens is 419 g/mol. The number of aromatic amines is 1. The van der Waals surface area contributed by atoms with Crippen LogP contribution in [0.3, 0.4) is 0 Å². The Balaban J connectivity index is 1.44. The Labute approximate surface area is 194 Å². The number of likely N-dealkylation sites (tertiary alicyclic amines) is 1. The predicted molar refractivity (Wildman–Crippen MR) is 129 cm³/mol. The lowest BCUT2D eigenvalue weighted by atomic mass is 9.88. The van der Waals surface area contributed by atoms with Crippen molar-refractivity contribution in [3.05, 3.63) is 66.1 Å². The number of fused-ring (bicyclic) bond motifs is 1. The van der Waals surface area contributed by atoms with Crippen LogP contribution < -0.4 is 10.1 Å². The number of carbonyl (C=O) groups is 1. The summed E-state index contributed by atoms with van der Waals surface area (Å²) in [5, 5.41) is 4.30. The molecule has 2 atom stereocenters. The maximum Gasteiger partial charge on any atom is 0.224 e. The third-order valence-electron chi connectivity index (χ3n) is 6.19. The van der Waals surface area contributed by atoms with E-state index in [1.807, 2.05) is 26.2 Å². The number of benzene rings is 2. The first-order valence-corrected chi connectivity index (χ1v) is 11.6. The van der Waals surface area contributed by atoms with E-state index in [1.54, 1.807) is 12.1 Å². The van der Waals surface area contributed by atoms with Crippen LogP contribution in [0.5, 0.6) is 5.75 Å². The summed E-state index contributed by atoms with van der Waals surface area (Å²) >= 11 is 0. The van der Waals surface area contributed by atoms with Gasteiger partial charge in [-0.05, 0) is 44.3 Å². The number of hydrogen-bond donors (Lipinski definition) is 2. The molecule has 1 aliphatic rings. The normalized spacial score (nSPS) is 19.2. The summed E-state index contributed by atoms with van der Waals surface area (Å²) in [6.45, 7) is 4.20. The number of nitrogens with zero attached hydrogens (tertiary/aromatic N) is 2. The molecule has 2 heterocycles. The van der Waals surface area contributed by atoms with Crippen molar-refractivity contribution in [2.24, 2.45) is 11.8 Å². The molecule has 0 saturated carbocycles. The summed E-state index contributed by atoms with van der Waals surface area (Å²) in [5.74, 6) is 0.381. The van der Waals surface area contributed by atoms with Gasteiger partial charge in [0.05, 0.1) is 12.5 Å². The SMILES string of the molecule is CN(C)CCNC(=O)[C@@H]1C[C@H](COc2cccc(F)c2)CN(Cc2c[nH]c3ccccc23)C1. The molecule has 2 N–H and O–H groups in total. The summed E-state index contributed by atoms with van der Waals surface area (Å²) < 4.78 is 19.4. The fourth-order valence-electron chi connectivity index (χ4n) is 4.56. The van der Waals surface area contributed by atoms with Gasteiger partial charge in [-0.3, -0.25) is 9.69 Å². The number of aromatic nitrogens is 1. The Kier molecular flexibility index (Phi) is 7.62. The molecule has 1 aromatic heterocycles. The van der Waals surface area contributed by atoms with Gasteiger partial charge in [0.25, 0.3) is 0 Å². The third-order valence-corrected chi connectivity index (χ3v) is 6.19. The van der Waals surface area contributed by atoms with Crippen molar-refractivity contribution in [1.82, 2.24) is 20.1 Å². The highest BCUT2D eigenvalue weighted by Crippen LogP contribution is 2.27. The van der Waals surface area contributed by atoms with Crippen LogP contribution in [-0.2, 0) is 11.3 Å². The molecule has 1 fully saturated rings. The van der Waals surface area contributed by atoms with E-state index in [2.05, 4.69) is 38.4 Å². The van der Waals surface area contributed by atoms with Gasteiger partial charge in [-0.15, -0.1) is 0 Å². The maximum absolute atomic E-state index is 13.5. The van der Waals surface area contributed by atoms with E-state index in [1.165, 1.54) is 23.1 Å². The number of rotatable bonds is 9. The highest BCUT2D eigenvalue weighted by atomic mass is 19.1. The molecule has 1 amide bonds. The van der Waals surface area contributed by atoms with Gasteiger partial charge in [-0.25, -0.2) is 4.39 Å². The van der Waals surface area contributed by atoms with Crippen molar-refractivity contribution in [1.29, 1.82) is 0 Å². The molecule has 2 aromatic carbocycles. The molecule has 176 valence electrons. The monoisotopic (exact) mass is 452 g/mol. The average Bonchev–Trinajstić information content (AvgIpc) is 3.20. The Bertz CT molecular complexity index is 1070. The van der Waals surface area contributed by atoms with Crippen LogP contribution in [0.4, 0.5) is 4.39 Å². The Morgan fingerprint density at radius 1 is 1.21 bits per heavy atom. The van der Waals surface area contributed by atoms with Crippen LogP contribution in [-0.4, -0.2) is 67.6 Å². The smallest absolute Gasteiger partial charge is 0.224 e. The van der Waals surface area contributed by atoms with Crippen LogP contribution in [0.2, 0.25) is 0 Å². The lowest BCUT2D eigenvalue weighted by molar-refractivity contribution is -0.127. The van der Waals surface area contributed by atoms with E-state index in [0.717, 1.165) is 31.6 Å². The third kappa shape index (κ3) is 6.33. The van der Waals surface area contributed by atoms with Crippen LogP contribution in [0.1, 0.15) is 12.0 Å². The highest BCUT2D eigenvalue weighted by molar-refractivity contribution is 5.83. The second-order valence-corrected chi connectivity index (χ2v) is 9.21. The molecule has 7 heteroatoms. The number of likely N-dealkylation sites (N-methyl/N-ethyl adjacent to an activating group) is 1. The molecule has 3 aromatic rings. The summed E-state index contributed by atoms with van der Waals surface area (Å²) in [5.41, 5.74) is 2.34. The Morgan fingerprint density at radius 3 is 2.88 bits per heavy atom. The topological polar surface area (TPSA) is 60.6 Å². The Morgan fingerprint density at radius 2 is 2.06 bits per heavy atom. The molecule has 0 radical (unpaired) electrons. The molecule has 1 saturated heterocycles. The molecule has 0 unspecified atom stereocenters. The van der Waals surface area contributed by atoms with E-state index < -0.39 is 0 Å². The molecule has 0 aliphatic carbocycles. The van der Waals surface area contributed by atoms with Gasteiger partial charge in [-0.1, -0.05) is 24.3 Å². The number of piperidine rings is 1. The molecule has 1 aliphatic heterocycles. The van der Waals surface area contributed by atoms with Gasteiger partial charge in [0.2, 0.25) is 5.91 Å². The van der Waals surface area contributed by atoms with Gasteiger partial charge < -0.3 is 19.9 Å². The molecule has 4 rings (SSSR count). The minimum Gasteiger partial charge on any atom is -0.493 e. The molecular formula is C26H33FN4O2. The van der Waals surface area contributed by atoms with Crippen LogP contribution in [0, 0.1) is 17.7 Å². The second kappa shape index (κ2) is 10.8. The summed E-state index contributed by atoms with van der Waals surface area (Å²) in [7, 11) is 3.99. The lowest BCUT2D eigenvalue weighted by Gasteiger charge is -2.37. The number of nitrogens with one attached hydrogen (secondary N) is 2. The highest BCUT2D eigenvalue weighted by Gasteiger charge is 2.32. The van der Waals surface area contributed by atoms with Gasteiger partial charge in [0.1, 0.15) is 11.6 Å². The molecule has 33 heavy (non-hydrogen) atoms.